The Balaban J connectivity index is 1.61. The summed E-state index contributed by atoms with van der Waals surface area (Å²) < 4.78 is 26.8. The van der Waals surface area contributed by atoms with Gasteiger partial charge in [0.2, 0.25) is 0 Å². The quantitative estimate of drug-likeness (QED) is 0.686. The molecule has 0 aliphatic heterocycles. The van der Waals surface area contributed by atoms with Crippen molar-refractivity contribution >= 4 is 17.5 Å². The predicted octanol–water partition coefficient (Wildman–Crippen LogP) is 3.58. The standard InChI is InChI=1S/C21H17F2N3O2/c22-17-5-3-6-18(11-17)26-21(28)16-10-15(12-24-13-16)20(27)25-9-8-14-4-1-2-7-19(14)23/h1-7,10-13H,8-9H2,(H,25,27)(H,26,28). The summed E-state index contributed by atoms with van der Waals surface area (Å²) in [5.41, 5.74) is 1.15. The molecular weight excluding hydrogens is 364 g/mol. The second-order valence-corrected chi connectivity index (χ2v) is 6.02. The summed E-state index contributed by atoms with van der Waals surface area (Å²) in [6, 6.07) is 13.2. The first kappa shape index (κ1) is 19.2. The molecule has 142 valence electrons. The van der Waals surface area contributed by atoms with Crippen molar-refractivity contribution in [1.82, 2.24) is 10.3 Å². The highest BCUT2D eigenvalue weighted by Crippen LogP contribution is 2.12. The van der Waals surface area contributed by atoms with E-state index in [4.69, 9.17) is 0 Å². The van der Waals surface area contributed by atoms with E-state index < -0.39 is 17.6 Å². The maximum atomic E-state index is 13.6. The van der Waals surface area contributed by atoms with Gasteiger partial charge < -0.3 is 10.6 Å². The average Bonchev–Trinajstić information content (AvgIpc) is 2.69. The zero-order valence-corrected chi connectivity index (χ0v) is 14.8. The molecule has 0 atom stereocenters. The minimum absolute atomic E-state index is 0.158. The molecule has 0 spiro atoms. The number of amides is 2. The summed E-state index contributed by atoms with van der Waals surface area (Å²) in [7, 11) is 0. The molecule has 2 aromatic carbocycles. The largest absolute Gasteiger partial charge is 0.352 e. The highest BCUT2D eigenvalue weighted by atomic mass is 19.1. The molecule has 28 heavy (non-hydrogen) atoms. The maximum absolute atomic E-state index is 13.6. The number of nitrogens with zero attached hydrogens (tertiary/aromatic N) is 1. The fraction of sp³-hybridized carbons (Fsp3) is 0.0952. The number of carbonyl (C=O) groups excluding carboxylic acids is 2. The zero-order valence-electron chi connectivity index (χ0n) is 14.8. The number of anilines is 1. The van der Waals surface area contributed by atoms with Gasteiger partial charge in [-0.2, -0.15) is 0 Å². The van der Waals surface area contributed by atoms with Crippen molar-refractivity contribution in [2.45, 2.75) is 6.42 Å². The fourth-order valence-corrected chi connectivity index (χ4v) is 2.57. The van der Waals surface area contributed by atoms with E-state index in [0.29, 0.717) is 17.7 Å². The molecule has 2 N–H and O–H groups in total. The van der Waals surface area contributed by atoms with Crippen LogP contribution < -0.4 is 10.6 Å². The van der Waals surface area contributed by atoms with Gasteiger partial charge in [-0.05, 0) is 42.3 Å². The highest BCUT2D eigenvalue weighted by Gasteiger charge is 2.12. The number of rotatable bonds is 6. The zero-order chi connectivity index (χ0) is 19.9. The van der Waals surface area contributed by atoms with Crippen molar-refractivity contribution in [2.75, 3.05) is 11.9 Å². The van der Waals surface area contributed by atoms with Gasteiger partial charge in [-0.15, -0.1) is 0 Å². The number of halogens is 2. The van der Waals surface area contributed by atoms with Crippen LogP contribution in [0.4, 0.5) is 14.5 Å². The van der Waals surface area contributed by atoms with Crippen LogP contribution in [0.2, 0.25) is 0 Å². The van der Waals surface area contributed by atoms with E-state index in [1.54, 1.807) is 24.3 Å². The minimum atomic E-state index is -0.515. The Morgan fingerprint density at radius 3 is 2.39 bits per heavy atom. The minimum Gasteiger partial charge on any atom is -0.352 e. The number of pyridine rings is 1. The predicted molar refractivity (Wildman–Crippen MR) is 101 cm³/mol. The van der Waals surface area contributed by atoms with E-state index in [2.05, 4.69) is 15.6 Å². The summed E-state index contributed by atoms with van der Waals surface area (Å²) >= 11 is 0. The van der Waals surface area contributed by atoms with Crippen LogP contribution in [-0.2, 0) is 6.42 Å². The summed E-state index contributed by atoms with van der Waals surface area (Å²) in [5, 5.41) is 5.21. The molecule has 0 aliphatic carbocycles. The number of benzene rings is 2. The molecule has 3 rings (SSSR count). The van der Waals surface area contributed by atoms with Gasteiger partial charge in [-0.25, -0.2) is 8.78 Å². The lowest BCUT2D eigenvalue weighted by Crippen LogP contribution is -2.26. The molecule has 7 heteroatoms. The van der Waals surface area contributed by atoms with Gasteiger partial charge in [0.25, 0.3) is 11.8 Å². The summed E-state index contributed by atoms with van der Waals surface area (Å²) in [6.07, 6.45) is 2.98. The first-order valence-electron chi connectivity index (χ1n) is 8.56. The smallest absolute Gasteiger partial charge is 0.257 e. The van der Waals surface area contributed by atoms with Crippen molar-refractivity contribution in [2.24, 2.45) is 0 Å². The monoisotopic (exact) mass is 381 g/mol. The lowest BCUT2D eigenvalue weighted by atomic mass is 10.1. The molecule has 3 aromatic rings. The number of carbonyl (C=O) groups is 2. The number of hydrogen-bond donors (Lipinski definition) is 2. The summed E-state index contributed by atoms with van der Waals surface area (Å²) in [4.78, 5) is 28.5. The van der Waals surface area contributed by atoms with Crippen LogP contribution in [0.25, 0.3) is 0 Å². The fourth-order valence-electron chi connectivity index (χ4n) is 2.57. The van der Waals surface area contributed by atoms with Crippen molar-refractivity contribution in [3.8, 4) is 0 Å². The Labute approximate surface area is 160 Å². The molecule has 0 saturated carbocycles. The van der Waals surface area contributed by atoms with Crippen molar-refractivity contribution < 1.29 is 18.4 Å². The van der Waals surface area contributed by atoms with E-state index in [1.165, 1.54) is 42.7 Å². The van der Waals surface area contributed by atoms with Gasteiger partial charge >= 0.3 is 0 Å². The van der Waals surface area contributed by atoms with Crippen LogP contribution in [-0.4, -0.2) is 23.3 Å². The third-order valence-corrected chi connectivity index (χ3v) is 3.98. The Kier molecular flexibility index (Phi) is 6.06. The van der Waals surface area contributed by atoms with E-state index in [9.17, 15) is 18.4 Å². The summed E-state index contributed by atoms with van der Waals surface area (Å²) in [5.74, 6) is -1.74. The number of nitrogens with one attached hydrogen (secondary N) is 2. The normalized spacial score (nSPS) is 10.4. The Morgan fingerprint density at radius 2 is 1.64 bits per heavy atom. The molecule has 0 fully saturated rings. The summed E-state index contributed by atoms with van der Waals surface area (Å²) in [6.45, 7) is 0.236. The third kappa shape index (κ3) is 4.97. The first-order chi connectivity index (χ1) is 13.5. The molecule has 0 radical (unpaired) electrons. The van der Waals surface area contributed by atoms with E-state index in [0.717, 1.165) is 0 Å². The topological polar surface area (TPSA) is 71.1 Å². The van der Waals surface area contributed by atoms with Crippen LogP contribution >= 0.6 is 0 Å². The van der Waals surface area contributed by atoms with Crippen molar-refractivity contribution in [3.63, 3.8) is 0 Å². The van der Waals surface area contributed by atoms with Gasteiger partial charge in [-0.1, -0.05) is 24.3 Å². The first-order valence-corrected chi connectivity index (χ1v) is 8.56. The van der Waals surface area contributed by atoms with Crippen LogP contribution in [0, 0.1) is 11.6 Å². The maximum Gasteiger partial charge on any atom is 0.257 e. The Morgan fingerprint density at radius 1 is 0.893 bits per heavy atom. The van der Waals surface area contributed by atoms with E-state index in [1.807, 2.05) is 0 Å². The highest BCUT2D eigenvalue weighted by molar-refractivity contribution is 6.05. The van der Waals surface area contributed by atoms with Gasteiger partial charge in [0.1, 0.15) is 11.6 Å². The van der Waals surface area contributed by atoms with Crippen molar-refractivity contribution in [3.05, 3.63) is 95.3 Å². The SMILES string of the molecule is O=C(NCCc1ccccc1F)c1cncc(C(=O)Nc2cccc(F)c2)c1. The number of hydrogen-bond acceptors (Lipinski definition) is 3. The lowest BCUT2D eigenvalue weighted by Gasteiger charge is -2.08. The Bertz CT molecular complexity index is 1010. The molecule has 2 amide bonds. The molecule has 5 nitrogen and oxygen atoms in total. The van der Waals surface area contributed by atoms with Crippen LogP contribution in [0.15, 0.2) is 67.0 Å². The van der Waals surface area contributed by atoms with Crippen LogP contribution in [0.1, 0.15) is 26.3 Å². The lowest BCUT2D eigenvalue weighted by molar-refractivity contribution is 0.0953. The van der Waals surface area contributed by atoms with E-state index in [-0.39, 0.29) is 23.5 Å². The molecule has 1 aromatic heterocycles. The van der Waals surface area contributed by atoms with Gasteiger partial charge in [-0.3, -0.25) is 14.6 Å². The number of aromatic nitrogens is 1. The molecule has 0 aliphatic rings. The van der Waals surface area contributed by atoms with Crippen LogP contribution in [0.3, 0.4) is 0 Å². The molecule has 0 unspecified atom stereocenters. The molecule has 1 heterocycles. The van der Waals surface area contributed by atoms with E-state index >= 15 is 0 Å². The van der Waals surface area contributed by atoms with Crippen LogP contribution in [0.5, 0.6) is 0 Å². The van der Waals surface area contributed by atoms with Gasteiger partial charge in [0.15, 0.2) is 0 Å². The third-order valence-electron chi connectivity index (χ3n) is 3.98. The second kappa shape index (κ2) is 8.85. The molecule has 0 bridgehead atoms. The van der Waals surface area contributed by atoms with Gasteiger partial charge in [0, 0.05) is 24.6 Å². The van der Waals surface area contributed by atoms with Gasteiger partial charge in [0.05, 0.1) is 11.1 Å². The Hall–Kier alpha value is -3.61. The van der Waals surface area contributed by atoms with Crippen molar-refractivity contribution in [1.29, 1.82) is 0 Å². The average molecular weight is 381 g/mol. The molecule has 0 saturated heterocycles. The second-order valence-electron chi connectivity index (χ2n) is 6.02. The molecular formula is C21H17F2N3O2.